The van der Waals surface area contributed by atoms with Gasteiger partial charge in [-0.2, -0.15) is 5.10 Å². The molecule has 1 unspecified atom stereocenters. The molecular formula is C12H19BrN4O3. The number of nitrogens with zero attached hydrogens (tertiary/aromatic N) is 2. The SMILES string of the molecule is CCNC(=O)C(C)Nc1cnn(CCOC)c(=O)c1Br. The van der Waals surface area contributed by atoms with Crippen molar-refractivity contribution in [2.24, 2.45) is 0 Å². The van der Waals surface area contributed by atoms with E-state index in [-0.39, 0.29) is 11.5 Å². The monoisotopic (exact) mass is 346 g/mol. The first-order valence-electron chi connectivity index (χ1n) is 6.30. The second-order valence-corrected chi connectivity index (χ2v) is 4.95. The molecule has 20 heavy (non-hydrogen) atoms. The maximum atomic E-state index is 12.0. The van der Waals surface area contributed by atoms with E-state index in [1.165, 1.54) is 10.9 Å². The average molecular weight is 347 g/mol. The Kier molecular flexibility index (Phi) is 6.66. The minimum absolute atomic E-state index is 0.136. The van der Waals surface area contributed by atoms with E-state index in [1.54, 1.807) is 14.0 Å². The van der Waals surface area contributed by atoms with Gasteiger partial charge < -0.3 is 15.4 Å². The molecule has 0 spiro atoms. The minimum Gasteiger partial charge on any atom is -0.383 e. The van der Waals surface area contributed by atoms with Gasteiger partial charge in [-0.3, -0.25) is 9.59 Å². The third-order valence-corrected chi connectivity index (χ3v) is 3.37. The lowest BCUT2D eigenvalue weighted by molar-refractivity contribution is -0.121. The van der Waals surface area contributed by atoms with Gasteiger partial charge in [0, 0.05) is 13.7 Å². The fraction of sp³-hybridized carbons (Fsp3) is 0.583. The van der Waals surface area contributed by atoms with Crippen LogP contribution in [0.1, 0.15) is 13.8 Å². The van der Waals surface area contributed by atoms with Gasteiger partial charge in [-0.1, -0.05) is 0 Å². The van der Waals surface area contributed by atoms with Crippen molar-refractivity contribution in [1.82, 2.24) is 15.1 Å². The van der Waals surface area contributed by atoms with Crippen molar-refractivity contribution in [3.63, 3.8) is 0 Å². The molecule has 0 saturated carbocycles. The van der Waals surface area contributed by atoms with E-state index in [0.717, 1.165) is 0 Å². The van der Waals surface area contributed by atoms with Crippen LogP contribution in [0.5, 0.6) is 0 Å². The fourth-order valence-corrected chi connectivity index (χ4v) is 1.95. The van der Waals surface area contributed by atoms with Gasteiger partial charge in [0.15, 0.2) is 0 Å². The van der Waals surface area contributed by atoms with Crippen LogP contribution >= 0.6 is 15.9 Å². The molecule has 8 heteroatoms. The topological polar surface area (TPSA) is 85.2 Å². The van der Waals surface area contributed by atoms with Crippen LogP contribution in [0.25, 0.3) is 0 Å². The molecule has 1 amide bonds. The van der Waals surface area contributed by atoms with E-state index in [9.17, 15) is 9.59 Å². The molecule has 1 aromatic heterocycles. The summed E-state index contributed by atoms with van der Waals surface area (Å²) in [4.78, 5) is 23.7. The Labute approximate surface area is 125 Å². The Morgan fingerprint density at radius 1 is 1.60 bits per heavy atom. The van der Waals surface area contributed by atoms with Crippen molar-refractivity contribution < 1.29 is 9.53 Å². The second-order valence-electron chi connectivity index (χ2n) is 4.15. The molecule has 0 aliphatic carbocycles. The highest BCUT2D eigenvalue weighted by Crippen LogP contribution is 2.17. The summed E-state index contributed by atoms with van der Waals surface area (Å²) in [7, 11) is 1.56. The van der Waals surface area contributed by atoms with Crippen LogP contribution in [0, 0.1) is 0 Å². The lowest BCUT2D eigenvalue weighted by Crippen LogP contribution is -2.38. The van der Waals surface area contributed by atoms with Gasteiger partial charge in [-0.25, -0.2) is 4.68 Å². The summed E-state index contributed by atoms with van der Waals surface area (Å²) in [5.41, 5.74) is 0.220. The number of carbonyl (C=O) groups excluding carboxylic acids is 1. The van der Waals surface area contributed by atoms with E-state index in [4.69, 9.17) is 4.74 Å². The highest BCUT2D eigenvalue weighted by Gasteiger charge is 2.15. The molecule has 0 fully saturated rings. The number of anilines is 1. The van der Waals surface area contributed by atoms with E-state index >= 15 is 0 Å². The maximum Gasteiger partial charge on any atom is 0.283 e. The first-order chi connectivity index (χ1) is 9.51. The third-order valence-electron chi connectivity index (χ3n) is 2.61. The lowest BCUT2D eigenvalue weighted by atomic mass is 10.3. The molecule has 0 aromatic carbocycles. The van der Waals surface area contributed by atoms with Crippen molar-refractivity contribution >= 4 is 27.5 Å². The molecule has 7 nitrogen and oxygen atoms in total. The molecule has 0 saturated heterocycles. The number of methoxy groups -OCH3 is 1. The minimum atomic E-state index is -0.456. The van der Waals surface area contributed by atoms with Crippen LogP contribution in [0.15, 0.2) is 15.5 Å². The van der Waals surface area contributed by atoms with Crippen LogP contribution in [0.3, 0.4) is 0 Å². The highest BCUT2D eigenvalue weighted by molar-refractivity contribution is 9.10. The smallest absolute Gasteiger partial charge is 0.283 e. The molecule has 1 atom stereocenters. The van der Waals surface area contributed by atoms with Gasteiger partial charge in [0.2, 0.25) is 5.91 Å². The predicted molar refractivity (Wildman–Crippen MR) is 79.8 cm³/mol. The quantitative estimate of drug-likeness (QED) is 0.754. The summed E-state index contributed by atoms with van der Waals surface area (Å²) in [5.74, 6) is -0.136. The standard InChI is InChI=1S/C12H19BrN4O3/c1-4-14-11(18)8(2)16-9-7-15-17(5-6-20-3)12(19)10(9)13/h7-8,16H,4-6H2,1-3H3,(H,14,18). The van der Waals surface area contributed by atoms with Crippen LogP contribution in [0.2, 0.25) is 0 Å². The maximum absolute atomic E-state index is 12.0. The molecule has 1 aromatic rings. The number of carbonyl (C=O) groups is 1. The van der Waals surface area contributed by atoms with Crippen LogP contribution < -0.4 is 16.2 Å². The molecule has 2 N–H and O–H groups in total. The number of aromatic nitrogens is 2. The average Bonchev–Trinajstić information content (AvgIpc) is 2.43. The number of hydrogen-bond acceptors (Lipinski definition) is 5. The van der Waals surface area contributed by atoms with E-state index in [1.807, 2.05) is 6.92 Å². The molecule has 0 bridgehead atoms. The normalized spacial score (nSPS) is 12.0. The van der Waals surface area contributed by atoms with Crippen molar-refractivity contribution in [2.45, 2.75) is 26.4 Å². The van der Waals surface area contributed by atoms with Crippen molar-refractivity contribution in [1.29, 1.82) is 0 Å². The molecule has 1 rings (SSSR count). The van der Waals surface area contributed by atoms with Crippen molar-refractivity contribution in [3.8, 4) is 0 Å². The van der Waals surface area contributed by atoms with E-state index in [0.29, 0.717) is 29.9 Å². The van der Waals surface area contributed by atoms with Gasteiger partial charge in [0.25, 0.3) is 5.56 Å². The number of amides is 1. The van der Waals surface area contributed by atoms with Gasteiger partial charge in [0.1, 0.15) is 10.5 Å². The zero-order chi connectivity index (χ0) is 15.1. The summed E-state index contributed by atoms with van der Waals surface area (Å²) in [6, 6.07) is -0.456. The Morgan fingerprint density at radius 3 is 2.90 bits per heavy atom. The molecule has 1 heterocycles. The Hall–Kier alpha value is -1.41. The number of likely N-dealkylation sites (N-methyl/N-ethyl adjacent to an activating group) is 1. The Balaban J connectivity index is 2.85. The summed E-state index contributed by atoms with van der Waals surface area (Å²) < 4.78 is 6.56. The highest BCUT2D eigenvalue weighted by atomic mass is 79.9. The van der Waals surface area contributed by atoms with Gasteiger partial charge in [-0.15, -0.1) is 0 Å². The largest absolute Gasteiger partial charge is 0.383 e. The summed E-state index contributed by atoms with van der Waals surface area (Å²) in [6.45, 7) is 4.90. The lowest BCUT2D eigenvalue weighted by Gasteiger charge is -2.16. The zero-order valence-corrected chi connectivity index (χ0v) is 13.4. The van der Waals surface area contributed by atoms with Crippen molar-refractivity contribution in [3.05, 3.63) is 21.0 Å². The zero-order valence-electron chi connectivity index (χ0n) is 11.8. The first-order valence-corrected chi connectivity index (χ1v) is 7.09. The van der Waals surface area contributed by atoms with Gasteiger partial charge in [-0.05, 0) is 29.8 Å². The van der Waals surface area contributed by atoms with Crippen LogP contribution in [-0.2, 0) is 16.1 Å². The summed E-state index contributed by atoms with van der Waals surface area (Å²) in [5, 5.41) is 9.69. The predicted octanol–water partition coefficient (Wildman–Crippen LogP) is 0.589. The van der Waals surface area contributed by atoms with Crippen LogP contribution in [0.4, 0.5) is 5.69 Å². The number of hydrogen-bond donors (Lipinski definition) is 2. The van der Waals surface area contributed by atoms with E-state index < -0.39 is 6.04 Å². The van der Waals surface area contributed by atoms with Gasteiger partial charge >= 0.3 is 0 Å². The fourth-order valence-electron chi connectivity index (χ4n) is 1.53. The molecule has 0 radical (unpaired) electrons. The number of rotatable bonds is 7. The number of halogens is 1. The van der Waals surface area contributed by atoms with Crippen molar-refractivity contribution in [2.75, 3.05) is 25.6 Å². The Morgan fingerprint density at radius 2 is 2.30 bits per heavy atom. The molecule has 112 valence electrons. The van der Waals surface area contributed by atoms with Gasteiger partial charge in [0.05, 0.1) is 25.0 Å². The number of ether oxygens (including phenoxy) is 1. The number of nitrogens with one attached hydrogen (secondary N) is 2. The molecular weight excluding hydrogens is 328 g/mol. The van der Waals surface area contributed by atoms with Crippen LogP contribution in [-0.4, -0.2) is 42.0 Å². The van der Waals surface area contributed by atoms with E-state index in [2.05, 4.69) is 31.7 Å². The summed E-state index contributed by atoms with van der Waals surface area (Å²) in [6.07, 6.45) is 1.51. The Bertz CT molecular complexity index is 518. The molecule has 0 aliphatic heterocycles. The molecule has 0 aliphatic rings. The first kappa shape index (κ1) is 16.6. The third kappa shape index (κ3) is 4.31. The summed E-state index contributed by atoms with van der Waals surface area (Å²) >= 11 is 3.23. The second kappa shape index (κ2) is 8.01.